The molecule has 0 rings (SSSR count). The molecule has 0 spiro atoms. The van der Waals surface area contributed by atoms with E-state index in [0.717, 1.165) is 0 Å². The van der Waals surface area contributed by atoms with Gasteiger partial charge in [0.15, 0.2) is 12.6 Å². The number of carbonyl (C=O) groups is 3. The van der Waals surface area contributed by atoms with Gasteiger partial charge >= 0.3 is 0 Å². The van der Waals surface area contributed by atoms with Gasteiger partial charge in [0.25, 0.3) is 11.6 Å². The van der Waals surface area contributed by atoms with Gasteiger partial charge in [-0.1, -0.05) is 0 Å². The molecule has 17 heteroatoms. The second-order valence-electron chi connectivity index (χ2n) is 5.20. The van der Waals surface area contributed by atoms with Gasteiger partial charge in [-0.25, -0.2) is 0 Å². The molecule has 0 saturated carbocycles. The van der Waals surface area contributed by atoms with Crippen LogP contribution >= 0.6 is 0 Å². The van der Waals surface area contributed by atoms with E-state index in [1.165, 1.54) is 0 Å². The summed E-state index contributed by atoms with van der Waals surface area (Å²) in [6.07, 6.45) is -13.8. The lowest BCUT2D eigenvalue weighted by atomic mass is 10.0. The molecule has 0 aromatic heterocycles. The fourth-order valence-electron chi connectivity index (χ4n) is 1.36. The van der Waals surface area contributed by atoms with Crippen molar-refractivity contribution in [2.75, 3.05) is 13.2 Å². The standard InChI is InChI=1S/C7H12O7.C6H12O6.HNO3/c8-1-4(10)6(12)7(13)5(11)2-14-3-9;7-1-3(9)5(11)6(12)4(10)2-8;2-1(3)4/h1,3-7,10-13H,2H2;1,3-6,8-12H,2H2;(H,2,3,4)/t4-,5+,6+,7+;3-,4+,5+,6+;/m00./s1. The topological polar surface area (TPSA) is 306 Å². The van der Waals surface area contributed by atoms with Crippen LogP contribution in [0.2, 0.25) is 0 Å². The number of rotatable bonds is 12. The number of aliphatic hydroxyl groups is 9. The smallest absolute Gasteiger partial charge is 0.293 e. The minimum absolute atomic E-state index is 0.0151. The lowest BCUT2D eigenvalue weighted by Crippen LogP contribution is -2.46. The maximum absolute atomic E-state index is 10.00. The van der Waals surface area contributed by atoms with Crippen molar-refractivity contribution in [3.05, 3.63) is 10.1 Å². The number of aldehydes is 2. The molecular weight excluding hydrogens is 426 g/mol. The summed E-state index contributed by atoms with van der Waals surface area (Å²) in [6, 6.07) is 0. The quantitative estimate of drug-likeness (QED) is 0.0748. The largest absolute Gasteiger partial charge is 0.465 e. The van der Waals surface area contributed by atoms with E-state index in [1.54, 1.807) is 0 Å². The zero-order valence-electron chi connectivity index (χ0n) is 15.1. The highest BCUT2D eigenvalue weighted by Gasteiger charge is 2.30. The van der Waals surface area contributed by atoms with Crippen LogP contribution in [0.5, 0.6) is 0 Å². The van der Waals surface area contributed by atoms with E-state index in [2.05, 4.69) is 4.74 Å². The summed E-state index contributed by atoms with van der Waals surface area (Å²) in [5, 5.41) is 93.1. The van der Waals surface area contributed by atoms with E-state index in [9.17, 15) is 14.4 Å². The van der Waals surface area contributed by atoms with E-state index >= 15 is 0 Å². The number of ether oxygens (including phenoxy) is 1. The zero-order valence-corrected chi connectivity index (χ0v) is 15.1. The molecule has 0 aromatic carbocycles. The first-order valence-electron chi connectivity index (χ1n) is 7.66. The Morgan fingerprint density at radius 3 is 1.37 bits per heavy atom. The lowest BCUT2D eigenvalue weighted by Gasteiger charge is -2.23. The van der Waals surface area contributed by atoms with Gasteiger partial charge in [0, 0.05) is 0 Å². The Morgan fingerprint density at radius 2 is 1.10 bits per heavy atom. The van der Waals surface area contributed by atoms with Crippen molar-refractivity contribution in [2.24, 2.45) is 0 Å². The third kappa shape index (κ3) is 15.6. The predicted molar refractivity (Wildman–Crippen MR) is 88.1 cm³/mol. The molecule has 0 bridgehead atoms. The number of carbonyl (C=O) groups excluding carboxylic acids is 3. The molecule has 178 valence electrons. The maximum atomic E-state index is 10.00. The summed E-state index contributed by atoms with van der Waals surface area (Å²) in [5.74, 6) is 0. The Kier molecular flexibility index (Phi) is 20.1. The first kappa shape index (κ1) is 32.3. The van der Waals surface area contributed by atoms with Gasteiger partial charge in [0.05, 0.1) is 6.61 Å². The molecule has 0 aromatic rings. The molecule has 10 N–H and O–H groups in total. The monoisotopic (exact) mass is 451 g/mol. The molecule has 0 heterocycles. The van der Waals surface area contributed by atoms with Gasteiger partial charge in [0.1, 0.15) is 55.4 Å². The molecule has 0 aliphatic heterocycles. The van der Waals surface area contributed by atoms with Gasteiger partial charge in [-0.2, -0.15) is 0 Å². The van der Waals surface area contributed by atoms with E-state index in [-0.39, 0.29) is 19.0 Å². The Balaban J connectivity index is -0.000000416. The normalized spacial score (nSPS) is 18.2. The molecule has 0 aliphatic rings. The Labute approximate surface area is 167 Å². The third-order valence-corrected chi connectivity index (χ3v) is 2.99. The van der Waals surface area contributed by atoms with Crippen LogP contribution in [0.1, 0.15) is 0 Å². The minimum atomic E-state index is -1.82. The van der Waals surface area contributed by atoms with Gasteiger partial charge < -0.3 is 65.5 Å². The molecular formula is C13H25NO16. The highest BCUT2D eigenvalue weighted by molar-refractivity contribution is 5.57. The molecule has 17 nitrogen and oxygen atoms in total. The van der Waals surface area contributed by atoms with Gasteiger partial charge in [-0.15, -0.1) is 10.1 Å². The summed E-state index contributed by atoms with van der Waals surface area (Å²) < 4.78 is 4.11. The summed E-state index contributed by atoms with van der Waals surface area (Å²) in [6.45, 7) is -1.24. The molecule has 0 aliphatic carbocycles. The third-order valence-electron chi connectivity index (χ3n) is 2.99. The van der Waals surface area contributed by atoms with Crippen molar-refractivity contribution in [1.82, 2.24) is 0 Å². The van der Waals surface area contributed by atoms with E-state index in [1.807, 2.05) is 0 Å². The Morgan fingerprint density at radius 1 is 0.767 bits per heavy atom. The number of hydrogen-bond donors (Lipinski definition) is 10. The predicted octanol–water partition coefficient (Wildman–Crippen LogP) is -6.92. The van der Waals surface area contributed by atoms with Crippen molar-refractivity contribution in [3.63, 3.8) is 0 Å². The maximum Gasteiger partial charge on any atom is 0.293 e. The van der Waals surface area contributed by atoms with Crippen molar-refractivity contribution >= 4 is 19.0 Å². The fourth-order valence-corrected chi connectivity index (χ4v) is 1.36. The van der Waals surface area contributed by atoms with Crippen LogP contribution in [0, 0.1) is 10.1 Å². The van der Waals surface area contributed by atoms with Crippen molar-refractivity contribution in [1.29, 1.82) is 0 Å². The molecule has 8 atom stereocenters. The van der Waals surface area contributed by atoms with Crippen molar-refractivity contribution < 1.29 is 75.4 Å². The molecule has 30 heavy (non-hydrogen) atoms. The Bertz CT molecular complexity index is 474. The lowest BCUT2D eigenvalue weighted by molar-refractivity contribution is -0.742. The van der Waals surface area contributed by atoms with Crippen LogP contribution in [-0.2, 0) is 19.1 Å². The first-order chi connectivity index (χ1) is 13.8. The van der Waals surface area contributed by atoms with E-state index < -0.39 is 67.1 Å². The van der Waals surface area contributed by atoms with E-state index in [0.29, 0.717) is 0 Å². The van der Waals surface area contributed by atoms with Crippen LogP contribution in [0.4, 0.5) is 0 Å². The summed E-state index contributed by atoms with van der Waals surface area (Å²) >= 11 is 0. The fraction of sp³-hybridized carbons (Fsp3) is 0.769. The highest BCUT2D eigenvalue weighted by atomic mass is 16.9. The Hall–Kier alpha value is -2.35. The average Bonchev–Trinajstić information content (AvgIpc) is 2.73. The minimum Gasteiger partial charge on any atom is -0.465 e. The number of hydrogen-bond acceptors (Lipinski definition) is 15. The number of aliphatic hydroxyl groups excluding tert-OH is 9. The van der Waals surface area contributed by atoms with Crippen molar-refractivity contribution in [2.45, 2.75) is 48.8 Å². The second-order valence-corrected chi connectivity index (χ2v) is 5.20. The summed E-state index contributed by atoms with van der Waals surface area (Å²) in [7, 11) is 0. The molecule has 0 saturated heterocycles. The van der Waals surface area contributed by atoms with E-state index in [4.69, 9.17) is 61.3 Å². The van der Waals surface area contributed by atoms with Gasteiger partial charge in [-0.05, 0) is 0 Å². The van der Waals surface area contributed by atoms with Gasteiger partial charge in [0.2, 0.25) is 0 Å². The molecule has 0 radical (unpaired) electrons. The second kappa shape index (κ2) is 18.7. The van der Waals surface area contributed by atoms with Crippen LogP contribution in [0.15, 0.2) is 0 Å². The SMILES string of the molecule is O=COC[C@@H](O)[C@@H](O)[C@H](O)[C@@H](O)C=O.O=C[C@H](O)[C@@H](O)[C@H](O)[C@H](O)CO.O=[N+]([O-])O. The van der Waals surface area contributed by atoms with Crippen LogP contribution in [0.25, 0.3) is 0 Å². The van der Waals surface area contributed by atoms with Crippen molar-refractivity contribution in [3.8, 4) is 0 Å². The molecule has 0 amide bonds. The first-order valence-corrected chi connectivity index (χ1v) is 7.66. The molecule has 0 fully saturated rings. The average molecular weight is 451 g/mol. The van der Waals surface area contributed by atoms with Crippen LogP contribution in [-0.4, -0.2) is 137 Å². The van der Waals surface area contributed by atoms with Gasteiger partial charge in [-0.3, -0.25) is 4.79 Å². The highest BCUT2D eigenvalue weighted by Crippen LogP contribution is 2.04. The zero-order chi connectivity index (χ0) is 24.4. The molecule has 0 unspecified atom stereocenters. The number of nitrogens with zero attached hydrogens (tertiary/aromatic N) is 1. The van der Waals surface area contributed by atoms with Crippen LogP contribution < -0.4 is 0 Å². The van der Waals surface area contributed by atoms with Crippen LogP contribution in [0.3, 0.4) is 0 Å². The summed E-state index contributed by atoms with van der Waals surface area (Å²) in [4.78, 5) is 38.0. The summed E-state index contributed by atoms with van der Waals surface area (Å²) in [5.41, 5.74) is 0.